The molecule has 9 heavy (non-hydrogen) atoms. The Bertz CT molecular complexity index is 162. The lowest BCUT2D eigenvalue weighted by Crippen LogP contribution is -2.27. The zero-order valence-electron chi connectivity index (χ0n) is 5.69. The quantitative estimate of drug-likeness (QED) is 0.485. The van der Waals surface area contributed by atoms with Gasteiger partial charge in [-0.05, 0) is 31.6 Å². The fourth-order valence-electron chi connectivity index (χ4n) is 1.94. The summed E-state index contributed by atoms with van der Waals surface area (Å²) < 4.78 is 0. The van der Waals surface area contributed by atoms with E-state index >= 15 is 0 Å². The Morgan fingerprint density at radius 1 is 1.67 bits per heavy atom. The normalized spacial score (nSPS) is 48.6. The molecule has 2 fully saturated rings. The molecule has 0 aromatic carbocycles. The molecule has 0 aliphatic heterocycles. The van der Waals surface area contributed by atoms with E-state index in [1.165, 1.54) is 24.8 Å². The highest BCUT2D eigenvalue weighted by Gasteiger charge is 2.52. The van der Waals surface area contributed by atoms with Gasteiger partial charge >= 0.3 is 0 Å². The molecule has 0 saturated heterocycles. The van der Waals surface area contributed by atoms with Gasteiger partial charge in [-0.15, -0.1) is 0 Å². The Kier molecular flexibility index (Phi) is 0.854. The van der Waals surface area contributed by atoms with Crippen molar-refractivity contribution in [1.82, 2.24) is 0 Å². The van der Waals surface area contributed by atoms with Gasteiger partial charge in [0.15, 0.2) is 0 Å². The summed E-state index contributed by atoms with van der Waals surface area (Å²) in [7, 11) is 0. The van der Waals surface area contributed by atoms with Gasteiger partial charge in [-0.25, -0.2) is 0 Å². The van der Waals surface area contributed by atoms with E-state index < -0.39 is 0 Å². The highest BCUT2D eigenvalue weighted by molar-refractivity contribution is 5.20. The van der Waals surface area contributed by atoms with Crippen molar-refractivity contribution in [2.45, 2.75) is 31.2 Å². The number of nitrogens with two attached hydrogens (primary N) is 1. The zero-order valence-corrected chi connectivity index (χ0v) is 5.69. The van der Waals surface area contributed by atoms with Crippen LogP contribution in [0.2, 0.25) is 0 Å². The van der Waals surface area contributed by atoms with Crippen molar-refractivity contribution in [2.24, 2.45) is 11.7 Å². The first kappa shape index (κ1) is 5.48. The van der Waals surface area contributed by atoms with E-state index in [2.05, 4.69) is 6.58 Å². The third-order valence-corrected chi connectivity index (χ3v) is 2.70. The predicted molar refractivity (Wildman–Crippen MR) is 38.0 cm³/mol. The van der Waals surface area contributed by atoms with Crippen LogP contribution in [0.3, 0.4) is 0 Å². The zero-order chi connectivity index (χ0) is 6.48. The summed E-state index contributed by atoms with van der Waals surface area (Å²) in [5, 5.41) is 0. The van der Waals surface area contributed by atoms with E-state index in [1.807, 2.05) is 0 Å². The fourth-order valence-corrected chi connectivity index (χ4v) is 1.94. The topological polar surface area (TPSA) is 26.0 Å². The molecule has 0 radical (unpaired) electrons. The summed E-state index contributed by atoms with van der Waals surface area (Å²) in [6, 6.07) is 0. The molecule has 2 unspecified atom stereocenters. The predicted octanol–water partition coefficient (Wildman–Crippen LogP) is 1.44. The Hall–Kier alpha value is -0.300. The molecule has 2 saturated carbocycles. The minimum Gasteiger partial charge on any atom is -0.325 e. The van der Waals surface area contributed by atoms with Crippen LogP contribution in [0.1, 0.15) is 25.7 Å². The van der Waals surface area contributed by atoms with Crippen LogP contribution in [0.5, 0.6) is 0 Å². The monoisotopic (exact) mass is 123 g/mol. The fraction of sp³-hybridized carbons (Fsp3) is 0.750. The SMILES string of the molecule is C=C1CCC2CC2(N)C1. The molecule has 50 valence electrons. The molecule has 0 aromatic heterocycles. The third-order valence-electron chi connectivity index (χ3n) is 2.70. The van der Waals surface area contributed by atoms with Crippen LogP contribution < -0.4 is 5.73 Å². The standard InChI is InChI=1S/C8H13N/c1-6-2-3-7-5-8(7,9)4-6/h7H,1-5,9H2. The largest absolute Gasteiger partial charge is 0.325 e. The minimum atomic E-state index is 0.218. The summed E-state index contributed by atoms with van der Waals surface area (Å²) in [5.41, 5.74) is 7.57. The van der Waals surface area contributed by atoms with E-state index in [1.54, 1.807) is 0 Å². The van der Waals surface area contributed by atoms with E-state index in [0.29, 0.717) is 0 Å². The average molecular weight is 123 g/mol. The maximum Gasteiger partial charge on any atom is 0.0224 e. The molecular formula is C8H13N. The van der Waals surface area contributed by atoms with Crippen LogP contribution in [0.25, 0.3) is 0 Å². The lowest BCUT2D eigenvalue weighted by Gasteiger charge is -2.18. The van der Waals surface area contributed by atoms with Gasteiger partial charge in [-0.2, -0.15) is 0 Å². The molecule has 1 heteroatoms. The van der Waals surface area contributed by atoms with Crippen molar-refractivity contribution in [2.75, 3.05) is 0 Å². The first-order valence-electron chi connectivity index (χ1n) is 3.66. The second-order valence-corrected chi connectivity index (χ2v) is 3.60. The van der Waals surface area contributed by atoms with Crippen molar-refractivity contribution in [1.29, 1.82) is 0 Å². The maximum atomic E-state index is 5.98. The number of hydrogen-bond donors (Lipinski definition) is 1. The Morgan fingerprint density at radius 2 is 2.44 bits per heavy atom. The second-order valence-electron chi connectivity index (χ2n) is 3.60. The van der Waals surface area contributed by atoms with Crippen LogP contribution in [0, 0.1) is 5.92 Å². The van der Waals surface area contributed by atoms with Crippen molar-refractivity contribution in [3.63, 3.8) is 0 Å². The van der Waals surface area contributed by atoms with Crippen molar-refractivity contribution in [3.8, 4) is 0 Å². The van der Waals surface area contributed by atoms with Crippen LogP contribution in [0.15, 0.2) is 12.2 Å². The lowest BCUT2D eigenvalue weighted by atomic mass is 9.92. The Labute approximate surface area is 55.9 Å². The highest BCUT2D eigenvalue weighted by atomic mass is 14.9. The van der Waals surface area contributed by atoms with Crippen molar-refractivity contribution < 1.29 is 0 Å². The minimum absolute atomic E-state index is 0.218. The summed E-state index contributed by atoms with van der Waals surface area (Å²) in [5.74, 6) is 0.850. The summed E-state index contributed by atoms with van der Waals surface area (Å²) >= 11 is 0. The second kappa shape index (κ2) is 1.40. The molecule has 0 bridgehead atoms. The number of hydrogen-bond acceptors (Lipinski definition) is 1. The molecule has 2 rings (SSSR count). The van der Waals surface area contributed by atoms with E-state index in [0.717, 1.165) is 12.3 Å². The summed E-state index contributed by atoms with van der Waals surface area (Å²) in [4.78, 5) is 0. The van der Waals surface area contributed by atoms with Crippen molar-refractivity contribution >= 4 is 0 Å². The first-order chi connectivity index (χ1) is 4.21. The van der Waals surface area contributed by atoms with Gasteiger partial charge in [0.1, 0.15) is 0 Å². The molecule has 0 aromatic rings. The molecular weight excluding hydrogens is 110 g/mol. The highest BCUT2D eigenvalue weighted by Crippen LogP contribution is 2.52. The van der Waals surface area contributed by atoms with Crippen LogP contribution in [-0.4, -0.2) is 5.54 Å². The average Bonchev–Trinajstić information content (AvgIpc) is 2.38. The Balaban J connectivity index is 2.11. The molecule has 1 nitrogen and oxygen atoms in total. The third kappa shape index (κ3) is 0.715. The smallest absolute Gasteiger partial charge is 0.0224 e. The van der Waals surface area contributed by atoms with Gasteiger partial charge in [-0.1, -0.05) is 12.2 Å². The molecule has 2 N–H and O–H groups in total. The van der Waals surface area contributed by atoms with Crippen LogP contribution in [0.4, 0.5) is 0 Å². The maximum absolute atomic E-state index is 5.98. The number of rotatable bonds is 0. The Morgan fingerprint density at radius 3 is 3.00 bits per heavy atom. The van der Waals surface area contributed by atoms with E-state index in [-0.39, 0.29) is 5.54 Å². The molecule has 0 amide bonds. The summed E-state index contributed by atoms with van der Waals surface area (Å²) in [6.45, 7) is 3.96. The van der Waals surface area contributed by atoms with Gasteiger partial charge < -0.3 is 5.73 Å². The molecule has 2 atom stereocenters. The van der Waals surface area contributed by atoms with E-state index in [4.69, 9.17) is 5.73 Å². The molecule has 2 aliphatic rings. The van der Waals surface area contributed by atoms with Crippen LogP contribution in [-0.2, 0) is 0 Å². The van der Waals surface area contributed by atoms with Gasteiger partial charge in [0.2, 0.25) is 0 Å². The number of fused-ring (bicyclic) bond motifs is 1. The molecule has 2 aliphatic carbocycles. The van der Waals surface area contributed by atoms with Gasteiger partial charge in [0.05, 0.1) is 0 Å². The van der Waals surface area contributed by atoms with E-state index in [9.17, 15) is 0 Å². The van der Waals surface area contributed by atoms with Crippen molar-refractivity contribution in [3.05, 3.63) is 12.2 Å². The lowest BCUT2D eigenvalue weighted by molar-refractivity contribution is 0.503. The van der Waals surface area contributed by atoms with Gasteiger partial charge in [0, 0.05) is 5.54 Å². The molecule has 0 heterocycles. The molecule has 0 spiro atoms. The van der Waals surface area contributed by atoms with Gasteiger partial charge in [-0.3, -0.25) is 0 Å². The first-order valence-corrected chi connectivity index (χ1v) is 3.66. The van der Waals surface area contributed by atoms with Gasteiger partial charge in [0.25, 0.3) is 0 Å². The van der Waals surface area contributed by atoms with Crippen LogP contribution >= 0.6 is 0 Å². The summed E-state index contributed by atoms with van der Waals surface area (Å²) in [6.07, 6.45) is 4.88.